The summed E-state index contributed by atoms with van der Waals surface area (Å²) in [5, 5.41) is 2.98. The van der Waals surface area contributed by atoms with Crippen molar-refractivity contribution in [2.24, 2.45) is 0 Å². The van der Waals surface area contributed by atoms with E-state index in [1.54, 1.807) is 24.5 Å². The Morgan fingerprint density at radius 2 is 1.73 bits per heavy atom. The molecule has 0 aliphatic heterocycles. The molecule has 2 aromatic carbocycles. The lowest BCUT2D eigenvalue weighted by Gasteiger charge is -2.12. The molecule has 0 unspecified atom stereocenters. The fraction of sp³-hybridized carbons (Fsp3) is 0.240. The van der Waals surface area contributed by atoms with E-state index in [0.29, 0.717) is 24.4 Å². The minimum Gasteiger partial charge on any atom is -0.352 e. The highest BCUT2D eigenvalue weighted by molar-refractivity contribution is 5.93. The van der Waals surface area contributed by atoms with Crippen molar-refractivity contribution in [3.8, 4) is 0 Å². The van der Waals surface area contributed by atoms with Crippen LogP contribution in [0.25, 0.3) is 11.0 Å². The fourth-order valence-corrected chi connectivity index (χ4v) is 3.58. The Morgan fingerprint density at radius 1 is 1.00 bits per heavy atom. The molecular weight excluding hydrogens is 372 g/mol. The molecule has 0 atom stereocenters. The first-order chi connectivity index (χ1) is 14.6. The van der Waals surface area contributed by atoms with E-state index >= 15 is 0 Å². The van der Waals surface area contributed by atoms with E-state index < -0.39 is 0 Å². The summed E-state index contributed by atoms with van der Waals surface area (Å²) in [4.78, 5) is 21.1. The Labute approximate surface area is 176 Å². The van der Waals surface area contributed by atoms with Crippen molar-refractivity contribution in [2.45, 2.75) is 32.7 Å². The molecule has 0 spiro atoms. The molecule has 0 bridgehead atoms. The van der Waals surface area contributed by atoms with Gasteiger partial charge >= 0.3 is 0 Å². The van der Waals surface area contributed by atoms with E-state index in [-0.39, 0.29) is 5.91 Å². The molecule has 5 nitrogen and oxygen atoms in total. The first-order valence-corrected chi connectivity index (χ1v) is 10.3. The van der Waals surface area contributed by atoms with Gasteiger partial charge in [-0.15, -0.1) is 0 Å². The monoisotopic (exact) mass is 398 g/mol. The molecule has 2 aromatic heterocycles. The zero-order valence-corrected chi connectivity index (χ0v) is 17.4. The molecule has 152 valence electrons. The van der Waals surface area contributed by atoms with Crippen LogP contribution in [0.1, 0.15) is 47.1 Å². The highest BCUT2D eigenvalue weighted by atomic mass is 16.1. The van der Waals surface area contributed by atoms with Crippen molar-refractivity contribution >= 4 is 16.9 Å². The summed E-state index contributed by atoms with van der Waals surface area (Å²) in [5.41, 5.74) is 5.29. The second-order valence-corrected chi connectivity index (χ2v) is 7.74. The molecule has 0 aliphatic rings. The first kappa shape index (κ1) is 19.8. The van der Waals surface area contributed by atoms with E-state index in [2.05, 4.69) is 59.0 Å². The van der Waals surface area contributed by atoms with Crippen LogP contribution in [0.5, 0.6) is 0 Å². The number of hydrogen-bond donors (Lipinski definition) is 1. The number of fused-ring (bicyclic) bond motifs is 1. The molecule has 0 fully saturated rings. The Kier molecular flexibility index (Phi) is 5.89. The van der Waals surface area contributed by atoms with Gasteiger partial charge < -0.3 is 9.88 Å². The first-order valence-electron chi connectivity index (χ1n) is 10.3. The second-order valence-electron chi connectivity index (χ2n) is 7.74. The van der Waals surface area contributed by atoms with E-state index in [1.807, 2.05) is 18.2 Å². The van der Waals surface area contributed by atoms with Gasteiger partial charge in [0.05, 0.1) is 11.0 Å². The third-order valence-corrected chi connectivity index (χ3v) is 5.30. The molecule has 30 heavy (non-hydrogen) atoms. The number of carbonyl (C=O) groups is 1. The van der Waals surface area contributed by atoms with E-state index in [0.717, 1.165) is 23.4 Å². The minimum absolute atomic E-state index is 0.0932. The number of para-hydroxylation sites is 2. The maximum absolute atomic E-state index is 12.3. The lowest BCUT2D eigenvalue weighted by molar-refractivity contribution is 0.0954. The molecule has 4 aromatic rings. The van der Waals surface area contributed by atoms with Crippen LogP contribution in [0.2, 0.25) is 0 Å². The zero-order valence-electron chi connectivity index (χ0n) is 17.4. The van der Waals surface area contributed by atoms with Crippen molar-refractivity contribution in [3.63, 3.8) is 0 Å². The molecule has 5 heteroatoms. The van der Waals surface area contributed by atoms with Gasteiger partial charge in [0.15, 0.2) is 0 Å². The van der Waals surface area contributed by atoms with E-state index in [9.17, 15) is 4.79 Å². The lowest BCUT2D eigenvalue weighted by atomic mass is 10.0. The number of nitrogens with one attached hydrogen (secondary N) is 1. The molecule has 0 saturated heterocycles. The van der Waals surface area contributed by atoms with Crippen LogP contribution in [0, 0.1) is 0 Å². The highest BCUT2D eigenvalue weighted by Gasteiger charge is 2.12. The van der Waals surface area contributed by atoms with Gasteiger partial charge in [-0.3, -0.25) is 9.78 Å². The number of imidazole rings is 1. The van der Waals surface area contributed by atoms with Gasteiger partial charge in [-0.1, -0.05) is 50.2 Å². The SMILES string of the molecule is CC(C)c1ccc(Cn2c(CCNC(=O)c3ccncc3)nc3ccccc32)cc1. The van der Waals surface area contributed by atoms with Gasteiger partial charge in [0.25, 0.3) is 5.91 Å². The number of aromatic nitrogens is 3. The molecule has 0 saturated carbocycles. The number of amides is 1. The molecule has 2 heterocycles. The van der Waals surface area contributed by atoms with Crippen LogP contribution in [0.3, 0.4) is 0 Å². The summed E-state index contributed by atoms with van der Waals surface area (Å²) >= 11 is 0. The summed E-state index contributed by atoms with van der Waals surface area (Å²) in [6.07, 6.45) is 3.91. The molecule has 0 aliphatic carbocycles. The summed E-state index contributed by atoms with van der Waals surface area (Å²) < 4.78 is 2.25. The van der Waals surface area contributed by atoms with Crippen molar-refractivity contribution in [1.29, 1.82) is 0 Å². The normalized spacial score (nSPS) is 11.2. The average Bonchev–Trinajstić information content (AvgIpc) is 3.12. The summed E-state index contributed by atoms with van der Waals surface area (Å²) in [6, 6.07) is 20.4. The summed E-state index contributed by atoms with van der Waals surface area (Å²) in [6.45, 7) is 5.69. The maximum atomic E-state index is 12.3. The van der Waals surface area contributed by atoms with Gasteiger partial charge in [0.1, 0.15) is 5.82 Å². The van der Waals surface area contributed by atoms with Crippen LogP contribution >= 0.6 is 0 Å². The van der Waals surface area contributed by atoms with Crippen LogP contribution in [0.15, 0.2) is 73.1 Å². The molecule has 0 radical (unpaired) electrons. The number of rotatable bonds is 7. The standard InChI is InChI=1S/C25H26N4O/c1-18(2)20-9-7-19(8-10-20)17-29-23-6-4-3-5-22(23)28-24(29)13-16-27-25(30)21-11-14-26-15-12-21/h3-12,14-15,18H,13,16-17H2,1-2H3,(H,27,30). The molecular formula is C25H26N4O. The number of benzene rings is 2. The van der Waals surface area contributed by atoms with Gasteiger partial charge in [0.2, 0.25) is 0 Å². The average molecular weight is 399 g/mol. The van der Waals surface area contributed by atoms with Crippen molar-refractivity contribution in [1.82, 2.24) is 19.9 Å². The van der Waals surface area contributed by atoms with E-state index in [1.165, 1.54) is 11.1 Å². The Hall–Kier alpha value is -3.47. The summed E-state index contributed by atoms with van der Waals surface area (Å²) in [7, 11) is 0. The topological polar surface area (TPSA) is 59.8 Å². The van der Waals surface area contributed by atoms with Gasteiger partial charge in [-0.2, -0.15) is 0 Å². The Balaban J connectivity index is 1.52. The largest absolute Gasteiger partial charge is 0.352 e. The predicted molar refractivity (Wildman–Crippen MR) is 120 cm³/mol. The van der Waals surface area contributed by atoms with Crippen molar-refractivity contribution in [3.05, 3.63) is 95.6 Å². The number of pyridine rings is 1. The minimum atomic E-state index is -0.0932. The van der Waals surface area contributed by atoms with Crippen molar-refractivity contribution < 1.29 is 4.79 Å². The number of carbonyl (C=O) groups excluding carboxylic acids is 1. The number of nitrogens with zero attached hydrogens (tertiary/aromatic N) is 3. The molecule has 1 amide bonds. The van der Waals surface area contributed by atoms with Gasteiger partial charge in [-0.05, 0) is 41.3 Å². The Bertz CT molecular complexity index is 1130. The quantitative estimate of drug-likeness (QED) is 0.496. The second kappa shape index (κ2) is 8.91. The van der Waals surface area contributed by atoms with Crippen LogP contribution in [-0.2, 0) is 13.0 Å². The van der Waals surface area contributed by atoms with Crippen LogP contribution in [0.4, 0.5) is 0 Å². The van der Waals surface area contributed by atoms with Crippen LogP contribution in [-0.4, -0.2) is 27.0 Å². The Morgan fingerprint density at radius 3 is 2.47 bits per heavy atom. The van der Waals surface area contributed by atoms with Crippen LogP contribution < -0.4 is 5.32 Å². The zero-order chi connectivity index (χ0) is 20.9. The smallest absolute Gasteiger partial charge is 0.251 e. The highest BCUT2D eigenvalue weighted by Crippen LogP contribution is 2.20. The van der Waals surface area contributed by atoms with Crippen molar-refractivity contribution in [2.75, 3.05) is 6.54 Å². The van der Waals surface area contributed by atoms with Gasteiger partial charge in [-0.25, -0.2) is 4.98 Å². The maximum Gasteiger partial charge on any atom is 0.251 e. The molecule has 1 N–H and O–H groups in total. The lowest BCUT2D eigenvalue weighted by Crippen LogP contribution is -2.26. The van der Waals surface area contributed by atoms with E-state index in [4.69, 9.17) is 4.98 Å². The third kappa shape index (κ3) is 4.40. The third-order valence-electron chi connectivity index (χ3n) is 5.30. The van der Waals surface area contributed by atoms with Gasteiger partial charge in [0, 0.05) is 37.5 Å². The molecule has 4 rings (SSSR count). The number of hydrogen-bond acceptors (Lipinski definition) is 3. The fourth-order valence-electron chi connectivity index (χ4n) is 3.58. The summed E-state index contributed by atoms with van der Waals surface area (Å²) in [5.74, 6) is 1.40. The predicted octanol–water partition coefficient (Wildman–Crippen LogP) is 4.58.